The zero-order valence-electron chi connectivity index (χ0n) is 12.4. The van der Waals surface area contributed by atoms with E-state index in [9.17, 15) is 14.7 Å². The van der Waals surface area contributed by atoms with Gasteiger partial charge in [-0.2, -0.15) is 0 Å². The first kappa shape index (κ1) is 16.6. The first-order valence-electron chi connectivity index (χ1n) is 6.24. The summed E-state index contributed by atoms with van der Waals surface area (Å²) >= 11 is 0. The van der Waals surface area contributed by atoms with Crippen molar-refractivity contribution in [1.82, 2.24) is 0 Å². The van der Waals surface area contributed by atoms with Crippen molar-refractivity contribution in [2.24, 2.45) is 0 Å². The van der Waals surface area contributed by atoms with Gasteiger partial charge in [0.05, 0.1) is 19.2 Å². The Balaban J connectivity index is 3.04. The van der Waals surface area contributed by atoms with E-state index in [2.05, 4.69) is 5.32 Å². The summed E-state index contributed by atoms with van der Waals surface area (Å²) < 4.78 is 10.0. The van der Waals surface area contributed by atoms with Crippen molar-refractivity contribution in [3.63, 3.8) is 0 Å². The number of aromatic hydroxyl groups is 1. The van der Waals surface area contributed by atoms with Gasteiger partial charge in [0.15, 0.2) is 11.5 Å². The Morgan fingerprint density at radius 1 is 1.29 bits per heavy atom. The number of carboxylic acid groups (broad SMARTS) is 1. The second-order valence-corrected chi connectivity index (χ2v) is 5.39. The molecule has 0 bridgehead atoms. The third-order valence-corrected chi connectivity index (χ3v) is 2.35. The molecule has 0 unspecified atom stereocenters. The van der Waals surface area contributed by atoms with Crippen molar-refractivity contribution in [2.45, 2.75) is 32.8 Å². The average Bonchev–Trinajstić information content (AvgIpc) is 2.29. The molecule has 1 amide bonds. The van der Waals surface area contributed by atoms with Crippen LogP contribution in [0.2, 0.25) is 0 Å². The fourth-order valence-corrected chi connectivity index (χ4v) is 1.61. The maximum atomic E-state index is 11.7. The number of carbonyl (C=O) groups is 2. The van der Waals surface area contributed by atoms with Gasteiger partial charge in [0.2, 0.25) is 0 Å². The van der Waals surface area contributed by atoms with Crippen LogP contribution in [-0.2, 0) is 16.0 Å². The number of benzene rings is 1. The van der Waals surface area contributed by atoms with Crippen molar-refractivity contribution in [2.75, 3.05) is 12.4 Å². The molecule has 116 valence electrons. The molecule has 7 heteroatoms. The van der Waals surface area contributed by atoms with Crippen molar-refractivity contribution in [3.05, 3.63) is 17.7 Å². The van der Waals surface area contributed by atoms with Crippen molar-refractivity contribution >= 4 is 17.7 Å². The Morgan fingerprint density at radius 2 is 1.90 bits per heavy atom. The number of hydrogen-bond donors (Lipinski definition) is 3. The van der Waals surface area contributed by atoms with Crippen LogP contribution in [0.3, 0.4) is 0 Å². The molecule has 1 aromatic rings. The number of nitrogens with one attached hydrogen (secondary N) is 1. The van der Waals surface area contributed by atoms with E-state index < -0.39 is 17.7 Å². The second kappa shape index (κ2) is 6.34. The third kappa shape index (κ3) is 5.21. The largest absolute Gasteiger partial charge is 0.503 e. The molecule has 7 nitrogen and oxygen atoms in total. The number of carbonyl (C=O) groups excluding carboxylic acids is 1. The van der Waals surface area contributed by atoms with Gasteiger partial charge in [-0.1, -0.05) is 0 Å². The maximum Gasteiger partial charge on any atom is 0.412 e. The summed E-state index contributed by atoms with van der Waals surface area (Å²) in [6, 6.07) is 2.75. The van der Waals surface area contributed by atoms with Crippen LogP contribution in [0.1, 0.15) is 26.3 Å². The van der Waals surface area contributed by atoms with Crippen molar-refractivity contribution < 1.29 is 29.3 Å². The highest BCUT2D eigenvalue weighted by molar-refractivity contribution is 5.88. The minimum Gasteiger partial charge on any atom is -0.503 e. The number of aliphatic carboxylic acids is 1. The number of anilines is 1. The highest BCUT2D eigenvalue weighted by atomic mass is 16.6. The van der Waals surface area contributed by atoms with E-state index in [0.717, 1.165) is 0 Å². The van der Waals surface area contributed by atoms with E-state index >= 15 is 0 Å². The Kier molecular flexibility index (Phi) is 5.02. The van der Waals surface area contributed by atoms with Gasteiger partial charge in [-0.3, -0.25) is 10.1 Å². The highest BCUT2D eigenvalue weighted by Crippen LogP contribution is 2.36. The molecular formula is C14H19NO6. The summed E-state index contributed by atoms with van der Waals surface area (Å²) in [6.45, 7) is 5.11. The van der Waals surface area contributed by atoms with E-state index in [-0.39, 0.29) is 23.6 Å². The molecule has 0 aliphatic heterocycles. The molecule has 0 aliphatic rings. The molecule has 1 aromatic carbocycles. The molecule has 0 aliphatic carbocycles. The predicted octanol–water partition coefficient (Wildman–Crippen LogP) is 2.37. The molecule has 0 atom stereocenters. The first-order chi connectivity index (χ1) is 9.62. The smallest absolute Gasteiger partial charge is 0.412 e. The lowest BCUT2D eigenvalue weighted by atomic mass is 10.1. The van der Waals surface area contributed by atoms with E-state index in [0.29, 0.717) is 5.56 Å². The SMILES string of the molecule is COc1cc(CC(=O)O)cc(NC(=O)OC(C)(C)C)c1O. The van der Waals surface area contributed by atoms with E-state index in [1.54, 1.807) is 20.8 Å². The minimum atomic E-state index is -1.04. The number of hydrogen-bond acceptors (Lipinski definition) is 5. The number of carboxylic acids is 1. The average molecular weight is 297 g/mol. The molecule has 0 saturated heterocycles. The number of methoxy groups -OCH3 is 1. The summed E-state index contributed by atoms with van der Waals surface area (Å²) in [5.41, 5.74) is -0.286. The maximum absolute atomic E-state index is 11.7. The predicted molar refractivity (Wildman–Crippen MR) is 75.9 cm³/mol. The normalized spacial score (nSPS) is 10.9. The zero-order valence-corrected chi connectivity index (χ0v) is 12.4. The van der Waals surface area contributed by atoms with E-state index in [1.165, 1.54) is 19.2 Å². The van der Waals surface area contributed by atoms with Gasteiger partial charge in [0.25, 0.3) is 0 Å². The molecule has 1 rings (SSSR count). The number of amides is 1. The lowest BCUT2D eigenvalue weighted by molar-refractivity contribution is -0.136. The van der Waals surface area contributed by atoms with Crippen molar-refractivity contribution in [1.29, 1.82) is 0 Å². The van der Waals surface area contributed by atoms with Crippen LogP contribution in [0, 0.1) is 0 Å². The first-order valence-corrected chi connectivity index (χ1v) is 6.24. The molecule has 0 aromatic heterocycles. The number of rotatable bonds is 4. The molecule has 0 saturated carbocycles. The molecule has 0 spiro atoms. The minimum absolute atomic E-state index is 0.0276. The lowest BCUT2D eigenvalue weighted by Gasteiger charge is -2.20. The van der Waals surface area contributed by atoms with Gasteiger partial charge in [-0.25, -0.2) is 4.79 Å². The zero-order chi connectivity index (χ0) is 16.2. The summed E-state index contributed by atoms with van der Waals surface area (Å²) in [4.78, 5) is 22.5. The lowest BCUT2D eigenvalue weighted by Crippen LogP contribution is -2.27. The van der Waals surface area contributed by atoms with Crippen LogP contribution in [0.25, 0.3) is 0 Å². The Labute approximate surface area is 122 Å². The van der Waals surface area contributed by atoms with E-state index in [4.69, 9.17) is 14.6 Å². The van der Waals surface area contributed by atoms with Gasteiger partial charge in [-0.15, -0.1) is 0 Å². The molecule has 0 fully saturated rings. The number of ether oxygens (including phenoxy) is 2. The monoisotopic (exact) mass is 297 g/mol. The van der Waals surface area contributed by atoms with Crippen LogP contribution in [-0.4, -0.2) is 35.0 Å². The van der Waals surface area contributed by atoms with Crippen molar-refractivity contribution in [3.8, 4) is 11.5 Å². The van der Waals surface area contributed by atoms with E-state index in [1.807, 2.05) is 0 Å². The second-order valence-electron chi connectivity index (χ2n) is 5.39. The quantitative estimate of drug-likeness (QED) is 0.737. The molecular weight excluding hydrogens is 278 g/mol. The molecule has 3 N–H and O–H groups in total. The Bertz CT molecular complexity index is 547. The van der Waals surface area contributed by atoms with Gasteiger partial charge < -0.3 is 19.7 Å². The number of phenolic OH excluding ortho intramolecular Hbond substituents is 1. The molecule has 0 heterocycles. The molecule has 21 heavy (non-hydrogen) atoms. The summed E-state index contributed by atoms with van der Waals surface area (Å²) in [5.74, 6) is -1.26. The third-order valence-electron chi connectivity index (χ3n) is 2.35. The van der Waals surface area contributed by atoms with Gasteiger partial charge >= 0.3 is 12.1 Å². The highest BCUT2D eigenvalue weighted by Gasteiger charge is 2.19. The van der Waals surface area contributed by atoms with Crippen LogP contribution in [0.5, 0.6) is 11.5 Å². The Morgan fingerprint density at radius 3 is 2.38 bits per heavy atom. The summed E-state index contributed by atoms with van der Waals surface area (Å²) in [5, 5.41) is 21.1. The van der Waals surface area contributed by atoms with Gasteiger partial charge in [-0.05, 0) is 38.5 Å². The number of phenols is 1. The van der Waals surface area contributed by atoms with Gasteiger partial charge in [0, 0.05) is 0 Å². The van der Waals surface area contributed by atoms with Crippen LogP contribution in [0.4, 0.5) is 10.5 Å². The summed E-state index contributed by atoms with van der Waals surface area (Å²) in [7, 11) is 1.33. The fourth-order valence-electron chi connectivity index (χ4n) is 1.61. The van der Waals surface area contributed by atoms with Crippen LogP contribution >= 0.6 is 0 Å². The Hall–Kier alpha value is -2.44. The summed E-state index contributed by atoms with van der Waals surface area (Å²) in [6.07, 6.45) is -1.02. The topological polar surface area (TPSA) is 105 Å². The fraction of sp³-hybridized carbons (Fsp3) is 0.429. The van der Waals surface area contributed by atoms with Crippen LogP contribution in [0.15, 0.2) is 12.1 Å². The van der Waals surface area contributed by atoms with Gasteiger partial charge in [0.1, 0.15) is 5.60 Å². The standard InChI is InChI=1S/C14H19NO6/c1-14(2,3)21-13(19)15-9-5-8(7-11(16)17)6-10(20-4)12(9)18/h5-6,18H,7H2,1-4H3,(H,15,19)(H,16,17). The van der Waals surface area contributed by atoms with Crippen LogP contribution < -0.4 is 10.1 Å². The molecule has 0 radical (unpaired) electrons.